The van der Waals surface area contributed by atoms with Crippen LogP contribution < -0.4 is 10.2 Å². The average Bonchev–Trinajstić information content (AvgIpc) is 2.62. The Labute approximate surface area is 153 Å². The van der Waals surface area contributed by atoms with Gasteiger partial charge in [-0.2, -0.15) is 13.2 Å². The molecule has 0 unspecified atom stereocenters. The van der Waals surface area contributed by atoms with E-state index in [1.807, 2.05) is 4.90 Å². The molecule has 4 nitrogen and oxygen atoms in total. The maximum atomic E-state index is 12.9. The third-order valence-electron chi connectivity index (χ3n) is 4.01. The Bertz CT molecular complexity index is 805. The van der Waals surface area contributed by atoms with Gasteiger partial charge in [0.25, 0.3) is 5.91 Å². The zero-order chi connectivity index (χ0) is 18.7. The van der Waals surface area contributed by atoms with E-state index in [2.05, 4.69) is 5.32 Å². The van der Waals surface area contributed by atoms with Crippen molar-refractivity contribution >= 4 is 28.9 Å². The summed E-state index contributed by atoms with van der Waals surface area (Å²) in [4.78, 5) is 14.5. The van der Waals surface area contributed by atoms with Gasteiger partial charge in [0.1, 0.15) is 0 Å². The van der Waals surface area contributed by atoms with Gasteiger partial charge < -0.3 is 15.0 Å². The molecule has 2 aromatic rings. The molecule has 138 valence electrons. The number of rotatable bonds is 3. The Kier molecular flexibility index (Phi) is 5.38. The number of halogens is 4. The Morgan fingerprint density at radius 1 is 1.12 bits per heavy atom. The van der Waals surface area contributed by atoms with Gasteiger partial charge in [-0.25, -0.2) is 0 Å². The van der Waals surface area contributed by atoms with Gasteiger partial charge in [-0.15, -0.1) is 0 Å². The molecule has 0 spiro atoms. The zero-order valence-corrected chi connectivity index (χ0v) is 14.4. The van der Waals surface area contributed by atoms with E-state index in [4.69, 9.17) is 16.3 Å². The molecule has 2 aromatic carbocycles. The molecule has 1 fully saturated rings. The monoisotopic (exact) mass is 384 g/mol. The van der Waals surface area contributed by atoms with Crippen LogP contribution in [-0.4, -0.2) is 32.2 Å². The molecule has 0 radical (unpaired) electrons. The van der Waals surface area contributed by atoms with Crippen molar-refractivity contribution < 1.29 is 22.7 Å². The summed E-state index contributed by atoms with van der Waals surface area (Å²) < 4.78 is 43.9. The molecule has 1 amide bonds. The van der Waals surface area contributed by atoms with Crippen LogP contribution in [0.25, 0.3) is 0 Å². The predicted octanol–water partition coefficient (Wildman–Crippen LogP) is 4.45. The second-order valence-corrected chi connectivity index (χ2v) is 6.18. The lowest BCUT2D eigenvalue weighted by Gasteiger charge is -2.31. The first-order valence-corrected chi connectivity index (χ1v) is 8.34. The van der Waals surface area contributed by atoms with Crippen molar-refractivity contribution in [2.24, 2.45) is 0 Å². The maximum Gasteiger partial charge on any atom is 0.416 e. The molecule has 0 atom stereocenters. The fraction of sp³-hybridized carbons (Fsp3) is 0.278. The van der Waals surface area contributed by atoms with Gasteiger partial charge in [0.15, 0.2) is 0 Å². The number of para-hydroxylation sites is 1. The average molecular weight is 385 g/mol. The van der Waals surface area contributed by atoms with Gasteiger partial charge >= 0.3 is 6.18 Å². The van der Waals surface area contributed by atoms with Gasteiger partial charge in [-0.05, 0) is 30.3 Å². The highest BCUT2D eigenvalue weighted by atomic mass is 35.5. The highest BCUT2D eigenvalue weighted by Gasteiger charge is 2.31. The van der Waals surface area contributed by atoms with Crippen LogP contribution in [0.3, 0.4) is 0 Å². The van der Waals surface area contributed by atoms with E-state index in [-0.39, 0.29) is 5.56 Å². The van der Waals surface area contributed by atoms with Gasteiger partial charge in [0.05, 0.1) is 35.2 Å². The molecule has 1 N–H and O–H groups in total. The van der Waals surface area contributed by atoms with Gasteiger partial charge in [-0.1, -0.05) is 23.7 Å². The van der Waals surface area contributed by atoms with Crippen molar-refractivity contribution in [3.63, 3.8) is 0 Å². The second-order valence-electron chi connectivity index (χ2n) is 5.77. The minimum Gasteiger partial charge on any atom is -0.378 e. The van der Waals surface area contributed by atoms with E-state index < -0.39 is 17.6 Å². The fourth-order valence-electron chi connectivity index (χ4n) is 2.76. The fourth-order valence-corrected chi connectivity index (χ4v) is 3.05. The number of benzene rings is 2. The maximum absolute atomic E-state index is 12.9. The van der Waals surface area contributed by atoms with Crippen molar-refractivity contribution in [2.45, 2.75) is 6.18 Å². The van der Waals surface area contributed by atoms with Crippen LogP contribution in [0.5, 0.6) is 0 Å². The van der Waals surface area contributed by atoms with Gasteiger partial charge in [-0.3, -0.25) is 4.79 Å². The first-order chi connectivity index (χ1) is 12.4. The summed E-state index contributed by atoms with van der Waals surface area (Å²) in [6.07, 6.45) is -4.51. The molecule has 0 aliphatic carbocycles. The molecule has 1 heterocycles. The molecule has 1 aliphatic rings. The molecule has 0 saturated carbocycles. The summed E-state index contributed by atoms with van der Waals surface area (Å²) in [6, 6.07) is 9.34. The Morgan fingerprint density at radius 3 is 2.50 bits per heavy atom. The molecular weight excluding hydrogens is 369 g/mol. The second kappa shape index (κ2) is 7.55. The third-order valence-corrected chi connectivity index (χ3v) is 4.32. The number of hydrogen-bond donors (Lipinski definition) is 1. The number of carbonyl (C=O) groups is 1. The normalized spacial score (nSPS) is 15.0. The Balaban J connectivity index is 1.87. The highest BCUT2D eigenvalue weighted by molar-refractivity contribution is 6.34. The minimum atomic E-state index is -4.51. The first-order valence-electron chi connectivity index (χ1n) is 7.96. The lowest BCUT2D eigenvalue weighted by molar-refractivity contribution is -0.137. The lowest BCUT2D eigenvalue weighted by Crippen LogP contribution is -2.37. The van der Waals surface area contributed by atoms with E-state index in [0.29, 0.717) is 42.7 Å². The standard InChI is InChI=1S/C18H16ClF3N2O2/c19-14-5-2-6-15(16(14)24-7-9-26-10-8-24)23-17(25)12-3-1-4-13(11-12)18(20,21)22/h1-6,11H,7-10H2,(H,23,25). The summed E-state index contributed by atoms with van der Waals surface area (Å²) in [5.41, 5.74) is 0.136. The predicted molar refractivity (Wildman–Crippen MR) is 93.9 cm³/mol. The van der Waals surface area contributed by atoms with Gasteiger partial charge in [0, 0.05) is 18.7 Å². The van der Waals surface area contributed by atoms with Crippen molar-refractivity contribution in [3.8, 4) is 0 Å². The number of amides is 1. The Hall–Kier alpha value is -2.25. The van der Waals surface area contributed by atoms with Crippen LogP contribution in [0.2, 0.25) is 5.02 Å². The van der Waals surface area contributed by atoms with Crippen LogP contribution in [-0.2, 0) is 10.9 Å². The molecular formula is C18H16ClF3N2O2. The van der Waals surface area contributed by atoms with Crippen LogP contribution in [0.4, 0.5) is 24.5 Å². The number of nitrogens with zero attached hydrogens (tertiary/aromatic N) is 1. The molecule has 1 aliphatic heterocycles. The van der Waals surface area contributed by atoms with Crippen LogP contribution >= 0.6 is 11.6 Å². The molecule has 3 rings (SSSR count). The van der Waals surface area contributed by atoms with Crippen LogP contribution in [0.1, 0.15) is 15.9 Å². The topological polar surface area (TPSA) is 41.6 Å². The largest absolute Gasteiger partial charge is 0.416 e. The number of morpholine rings is 1. The van der Waals surface area contributed by atoms with Gasteiger partial charge in [0.2, 0.25) is 0 Å². The van der Waals surface area contributed by atoms with E-state index >= 15 is 0 Å². The summed E-state index contributed by atoms with van der Waals surface area (Å²) in [5.74, 6) is -0.632. The van der Waals surface area contributed by atoms with E-state index in [9.17, 15) is 18.0 Å². The summed E-state index contributed by atoms with van der Waals surface area (Å²) >= 11 is 6.29. The molecule has 1 saturated heterocycles. The van der Waals surface area contributed by atoms with E-state index in [1.54, 1.807) is 18.2 Å². The number of anilines is 2. The number of hydrogen-bond acceptors (Lipinski definition) is 3. The Morgan fingerprint density at radius 2 is 1.81 bits per heavy atom. The van der Waals surface area contributed by atoms with Crippen LogP contribution in [0.15, 0.2) is 42.5 Å². The molecule has 0 aromatic heterocycles. The summed E-state index contributed by atoms with van der Waals surface area (Å²) in [7, 11) is 0. The summed E-state index contributed by atoms with van der Waals surface area (Å²) in [6.45, 7) is 2.28. The first kappa shape index (κ1) is 18.5. The van der Waals surface area contributed by atoms with Crippen molar-refractivity contribution in [2.75, 3.05) is 36.5 Å². The van der Waals surface area contributed by atoms with Crippen molar-refractivity contribution in [1.29, 1.82) is 0 Å². The molecule has 0 bridgehead atoms. The number of carbonyl (C=O) groups excluding carboxylic acids is 1. The zero-order valence-electron chi connectivity index (χ0n) is 13.6. The number of ether oxygens (including phenoxy) is 1. The highest BCUT2D eigenvalue weighted by Crippen LogP contribution is 2.35. The number of nitrogens with one attached hydrogen (secondary N) is 1. The quantitative estimate of drug-likeness (QED) is 0.850. The third kappa shape index (κ3) is 4.11. The lowest BCUT2D eigenvalue weighted by atomic mass is 10.1. The smallest absolute Gasteiger partial charge is 0.378 e. The molecule has 8 heteroatoms. The van der Waals surface area contributed by atoms with Crippen molar-refractivity contribution in [3.05, 3.63) is 58.6 Å². The van der Waals surface area contributed by atoms with E-state index in [1.165, 1.54) is 12.1 Å². The SMILES string of the molecule is O=C(Nc1cccc(Cl)c1N1CCOCC1)c1cccc(C(F)(F)F)c1. The number of alkyl halides is 3. The van der Waals surface area contributed by atoms with E-state index in [0.717, 1.165) is 12.1 Å². The van der Waals surface area contributed by atoms with Crippen LogP contribution in [0, 0.1) is 0 Å². The molecule has 26 heavy (non-hydrogen) atoms. The minimum absolute atomic E-state index is 0.0762. The van der Waals surface area contributed by atoms with Crippen molar-refractivity contribution in [1.82, 2.24) is 0 Å². The summed E-state index contributed by atoms with van der Waals surface area (Å²) in [5, 5.41) is 3.12.